The van der Waals surface area contributed by atoms with Crippen molar-refractivity contribution in [2.75, 3.05) is 12.3 Å². The summed E-state index contributed by atoms with van der Waals surface area (Å²) in [7, 11) is 1.64. The van der Waals surface area contributed by atoms with Crippen molar-refractivity contribution in [3.05, 3.63) is 28.6 Å². The first-order chi connectivity index (χ1) is 9.95. The van der Waals surface area contributed by atoms with E-state index in [1.165, 1.54) is 4.57 Å². The number of hydrogen-bond donors (Lipinski definition) is 2. The maximum atomic E-state index is 12.3. The van der Waals surface area contributed by atoms with E-state index in [1.807, 2.05) is 0 Å². The number of pyridine rings is 1. The number of aromatic hydroxyl groups is 1. The van der Waals surface area contributed by atoms with Gasteiger partial charge in [0.15, 0.2) is 5.75 Å². The highest BCUT2D eigenvalue weighted by Crippen LogP contribution is 2.32. The summed E-state index contributed by atoms with van der Waals surface area (Å²) in [5.41, 5.74) is 6.51. The molecule has 3 N–H and O–H groups in total. The van der Waals surface area contributed by atoms with Crippen LogP contribution in [0.15, 0.2) is 23.0 Å². The highest BCUT2D eigenvalue weighted by Gasteiger charge is 2.17. The van der Waals surface area contributed by atoms with E-state index in [1.54, 1.807) is 25.2 Å². The fourth-order valence-electron chi connectivity index (χ4n) is 2.44. The summed E-state index contributed by atoms with van der Waals surface area (Å²) >= 11 is 0. The Balaban J connectivity index is 2.45. The first-order valence-electron chi connectivity index (χ1n) is 7.19. The second kappa shape index (κ2) is 6.08. The Bertz CT molecular complexity index is 707. The monoisotopic (exact) mass is 290 g/mol. The fourth-order valence-corrected chi connectivity index (χ4v) is 2.44. The smallest absolute Gasteiger partial charge is 0.297 e. The molecule has 2 aromatic rings. The maximum absolute atomic E-state index is 12.3. The second-order valence-electron chi connectivity index (χ2n) is 5.52. The van der Waals surface area contributed by atoms with Crippen LogP contribution in [0.3, 0.4) is 0 Å². The van der Waals surface area contributed by atoms with Gasteiger partial charge in [0.1, 0.15) is 0 Å². The van der Waals surface area contributed by atoms with Crippen LogP contribution in [0.1, 0.15) is 26.7 Å². The van der Waals surface area contributed by atoms with Crippen molar-refractivity contribution >= 4 is 16.6 Å². The predicted octanol–water partition coefficient (Wildman–Crippen LogP) is 2.64. The summed E-state index contributed by atoms with van der Waals surface area (Å²) in [6.45, 7) is 4.58. The van der Waals surface area contributed by atoms with Crippen LogP contribution >= 0.6 is 0 Å². The van der Waals surface area contributed by atoms with Crippen LogP contribution in [0.4, 0.5) is 5.69 Å². The number of hydrogen-bond acceptors (Lipinski definition) is 4. The molecular weight excluding hydrogens is 268 g/mol. The molecule has 1 atom stereocenters. The zero-order chi connectivity index (χ0) is 15.6. The van der Waals surface area contributed by atoms with Gasteiger partial charge in [-0.1, -0.05) is 20.3 Å². The molecule has 0 saturated carbocycles. The van der Waals surface area contributed by atoms with Gasteiger partial charge in [0, 0.05) is 18.1 Å². The number of aryl methyl sites for hydroxylation is 1. The largest absolute Gasteiger partial charge is 0.504 e. The first-order valence-corrected chi connectivity index (χ1v) is 7.19. The molecule has 1 aromatic carbocycles. The molecule has 5 heteroatoms. The van der Waals surface area contributed by atoms with Crippen LogP contribution in [0, 0.1) is 5.92 Å². The molecule has 0 amide bonds. The number of rotatable bonds is 5. The van der Waals surface area contributed by atoms with Crippen molar-refractivity contribution < 1.29 is 9.84 Å². The summed E-state index contributed by atoms with van der Waals surface area (Å²) in [6.07, 6.45) is 2.08. The van der Waals surface area contributed by atoms with Gasteiger partial charge in [0.05, 0.1) is 12.1 Å². The molecule has 114 valence electrons. The van der Waals surface area contributed by atoms with Crippen LogP contribution in [-0.4, -0.2) is 16.3 Å². The number of fused-ring (bicyclic) bond motifs is 1. The van der Waals surface area contributed by atoms with Gasteiger partial charge in [-0.2, -0.15) is 0 Å². The van der Waals surface area contributed by atoms with Gasteiger partial charge < -0.3 is 20.1 Å². The Morgan fingerprint density at radius 2 is 2.14 bits per heavy atom. The Hall–Kier alpha value is -2.17. The van der Waals surface area contributed by atoms with Crippen molar-refractivity contribution in [2.45, 2.75) is 26.7 Å². The lowest BCUT2D eigenvalue weighted by Crippen LogP contribution is -2.21. The number of ether oxygens (including phenoxy) is 1. The van der Waals surface area contributed by atoms with Gasteiger partial charge in [-0.15, -0.1) is 0 Å². The summed E-state index contributed by atoms with van der Waals surface area (Å²) in [5, 5.41) is 10.9. The summed E-state index contributed by atoms with van der Waals surface area (Å²) in [4.78, 5) is 12.3. The van der Waals surface area contributed by atoms with Crippen LogP contribution in [0.5, 0.6) is 11.5 Å². The number of anilines is 1. The van der Waals surface area contributed by atoms with Gasteiger partial charge >= 0.3 is 0 Å². The Labute approximate surface area is 124 Å². The summed E-state index contributed by atoms with van der Waals surface area (Å²) in [6, 6.07) is 5.05. The summed E-state index contributed by atoms with van der Waals surface area (Å²) in [5.74, 6) is 0.232. The molecule has 0 radical (unpaired) electrons. The number of nitrogens with zero attached hydrogens (tertiary/aromatic N) is 1. The third kappa shape index (κ3) is 2.96. The highest BCUT2D eigenvalue weighted by molar-refractivity contribution is 5.89. The van der Waals surface area contributed by atoms with E-state index < -0.39 is 0 Å². The molecule has 1 aromatic heterocycles. The molecule has 2 rings (SSSR count). The maximum Gasteiger partial charge on any atom is 0.297 e. The van der Waals surface area contributed by atoms with Crippen LogP contribution in [-0.2, 0) is 7.05 Å². The minimum absolute atomic E-state index is 0.0118. The summed E-state index contributed by atoms with van der Waals surface area (Å²) < 4.78 is 7.04. The Morgan fingerprint density at radius 3 is 2.81 bits per heavy atom. The molecule has 0 bridgehead atoms. The van der Waals surface area contributed by atoms with E-state index in [9.17, 15) is 9.90 Å². The molecule has 5 nitrogen and oxygen atoms in total. The van der Waals surface area contributed by atoms with E-state index in [2.05, 4.69) is 13.8 Å². The Kier molecular flexibility index (Phi) is 4.40. The topological polar surface area (TPSA) is 77.5 Å². The van der Waals surface area contributed by atoms with Crippen LogP contribution < -0.4 is 16.0 Å². The zero-order valence-electron chi connectivity index (χ0n) is 12.7. The van der Waals surface area contributed by atoms with Crippen LogP contribution in [0.25, 0.3) is 10.9 Å². The van der Waals surface area contributed by atoms with Crippen molar-refractivity contribution in [2.24, 2.45) is 13.0 Å². The SMILES string of the molecule is CCCC(C)COc1c(O)c2ccc(N)cc2n(C)c1=O. The predicted molar refractivity (Wildman–Crippen MR) is 84.8 cm³/mol. The van der Waals surface area contributed by atoms with Crippen molar-refractivity contribution in [1.82, 2.24) is 4.57 Å². The number of aromatic nitrogens is 1. The fraction of sp³-hybridized carbons (Fsp3) is 0.438. The average molecular weight is 290 g/mol. The van der Waals surface area contributed by atoms with Gasteiger partial charge in [0.25, 0.3) is 5.56 Å². The molecule has 0 fully saturated rings. The number of nitrogen functional groups attached to an aromatic ring is 1. The molecule has 1 heterocycles. The lowest BCUT2D eigenvalue weighted by Gasteiger charge is -2.15. The van der Waals surface area contributed by atoms with E-state index in [0.717, 1.165) is 12.8 Å². The van der Waals surface area contributed by atoms with Crippen molar-refractivity contribution in [3.63, 3.8) is 0 Å². The molecular formula is C16H22N2O3. The molecule has 0 aliphatic carbocycles. The molecule has 21 heavy (non-hydrogen) atoms. The van der Waals surface area contributed by atoms with Crippen molar-refractivity contribution in [3.8, 4) is 11.5 Å². The van der Waals surface area contributed by atoms with Crippen molar-refractivity contribution in [1.29, 1.82) is 0 Å². The van der Waals surface area contributed by atoms with Gasteiger partial charge in [-0.3, -0.25) is 4.79 Å². The van der Waals surface area contributed by atoms with Crippen LogP contribution in [0.2, 0.25) is 0 Å². The zero-order valence-corrected chi connectivity index (χ0v) is 12.7. The van der Waals surface area contributed by atoms with Gasteiger partial charge in [-0.25, -0.2) is 0 Å². The van der Waals surface area contributed by atoms with Gasteiger partial charge in [-0.05, 0) is 30.5 Å². The average Bonchev–Trinajstić information content (AvgIpc) is 2.45. The standard InChI is InChI=1S/C16H22N2O3/c1-4-5-10(2)9-21-15-14(19)12-7-6-11(17)8-13(12)18(3)16(15)20/h6-8,10,19H,4-5,9,17H2,1-3H3. The minimum atomic E-state index is -0.353. The van der Waals surface area contributed by atoms with E-state index in [0.29, 0.717) is 29.1 Å². The third-order valence-electron chi connectivity index (χ3n) is 3.65. The quantitative estimate of drug-likeness (QED) is 0.830. The number of benzene rings is 1. The molecule has 0 saturated heterocycles. The number of nitrogens with two attached hydrogens (primary N) is 1. The van der Waals surface area contributed by atoms with E-state index in [-0.39, 0.29) is 17.1 Å². The molecule has 0 spiro atoms. The Morgan fingerprint density at radius 1 is 1.43 bits per heavy atom. The molecule has 0 aliphatic heterocycles. The van der Waals surface area contributed by atoms with E-state index in [4.69, 9.17) is 10.5 Å². The lowest BCUT2D eigenvalue weighted by molar-refractivity contribution is 0.238. The normalized spacial score (nSPS) is 12.5. The van der Waals surface area contributed by atoms with Gasteiger partial charge in [0.2, 0.25) is 5.75 Å². The molecule has 1 unspecified atom stereocenters. The second-order valence-corrected chi connectivity index (χ2v) is 5.52. The molecule has 0 aliphatic rings. The van der Waals surface area contributed by atoms with E-state index >= 15 is 0 Å². The lowest BCUT2D eigenvalue weighted by atomic mass is 10.1. The first kappa shape index (κ1) is 15.2. The highest BCUT2D eigenvalue weighted by atomic mass is 16.5. The third-order valence-corrected chi connectivity index (χ3v) is 3.65. The minimum Gasteiger partial charge on any atom is -0.504 e.